The third-order valence-corrected chi connectivity index (χ3v) is 13.2. The summed E-state index contributed by atoms with van der Waals surface area (Å²) in [7, 11) is 0. The number of aromatic nitrogens is 1. The Kier molecular flexibility index (Phi) is 12.1. The second-order valence-corrected chi connectivity index (χ2v) is 18.9. The lowest BCUT2D eigenvalue weighted by Gasteiger charge is -2.43. The molecular formula is C48H53Cl3N6O4. The predicted octanol–water partition coefficient (Wildman–Crippen LogP) is 10.3. The van der Waals surface area contributed by atoms with Gasteiger partial charge in [-0.2, -0.15) is 0 Å². The zero-order chi connectivity index (χ0) is 43.3. The summed E-state index contributed by atoms with van der Waals surface area (Å²) in [4.78, 5) is 53.4. The maximum absolute atomic E-state index is 15.2. The Balaban J connectivity index is 1.23. The predicted molar refractivity (Wildman–Crippen MR) is 245 cm³/mol. The van der Waals surface area contributed by atoms with Crippen molar-refractivity contribution in [3.8, 4) is 0 Å². The van der Waals surface area contributed by atoms with Crippen LogP contribution >= 0.6 is 34.8 Å². The molecule has 3 atom stereocenters. The minimum atomic E-state index is -0.688. The highest BCUT2D eigenvalue weighted by atomic mass is 35.5. The van der Waals surface area contributed by atoms with Crippen LogP contribution in [0.25, 0.3) is 22.2 Å². The van der Waals surface area contributed by atoms with Crippen molar-refractivity contribution in [2.45, 2.75) is 89.6 Å². The van der Waals surface area contributed by atoms with Crippen molar-refractivity contribution in [3.05, 3.63) is 129 Å². The number of aromatic amines is 1. The Morgan fingerprint density at radius 3 is 2.33 bits per heavy atom. The van der Waals surface area contributed by atoms with Gasteiger partial charge in [0.1, 0.15) is 11.3 Å². The fourth-order valence-corrected chi connectivity index (χ4v) is 10.5. The topological polar surface area (TPSA) is 101 Å². The number of piperidine rings is 2. The average Bonchev–Trinajstić information content (AvgIpc) is 3.81. The largest absolute Gasteiger partial charge is 0.444 e. The number of likely N-dealkylation sites (tertiary alicyclic amines) is 3. The first-order valence-electron chi connectivity index (χ1n) is 21.1. The van der Waals surface area contributed by atoms with E-state index in [2.05, 4.69) is 33.3 Å². The molecule has 0 saturated carbocycles. The molecule has 13 heteroatoms. The van der Waals surface area contributed by atoms with E-state index in [1.54, 1.807) is 17.2 Å². The molecule has 1 aromatic heterocycles. The number of halogens is 3. The Morgan fingerprint density at radius 2 is 1.67 bits per heavy atom. The molecule has 2 N–H and O–H groups in total. The number of ether oxygens (including phenoxy) is 1. The van der Waals surface area contributed by atoms with Crippen LogP contribution in [0.4, 0.5) is 4.79 Å². The van der Waals surface area contributed by atoms with E-state index in [1.807, 2.05) is 87.2 Å². The molecular weight excluding hydrogens is 831 g/mol. The third kappa shape index (κ3) is 8.44. The minimum Gasteiger partial charge on any atom is -0.444 e. The van der Waals surface area contributed by atoms with Gasteiger partial charge in [0, 0.05) is 88.3 Å². The van der Waals surface area contributed by atoms with Gasteiger partial charge >= 0.3 is 6.09 Å². The number of nitrogens with one attached hydrogen (secondary N) is 2. The second kappa shape index (κ2) is 17.2. The summed E-state index contributed by atoms with van der Waals surface area (Å²) in [6, 6.07) is 18.3. The van der Waals surface area contributed by atoms with E-state index >= 15 is 4.79 Å². The monoisotopic (exact) mass is 882 g/mol. The molecule has 8 rings (SSSR count). The van der Waals surface area contributed by atoms with Crippen LogP contribution in [0.2, 0.25) is 15.1 Å². The number of benzene rings is 3. The first kappa shape index (κ1) is 42.9. The van der Waals surface area contributed by atoms with Crippen molar-refractivity contribution in [1.82, 2.24) is 29.9 Å². The first-order chi connectivity index (χ1) is 29.1. The van der Waals surface area contributed by atoms with E-state index in [4.69, 9.17) is 39.5 Å². The van der Waals surface area contributed by atoms with Crippen molar-refractivity contribution in [2.24, 2.45) is 0 Å². The van der Waals surface area contributed by atoms with Crippen LogP contribution in [0, 0.1) is 0 Å². The number of rotatable bonds is 8. The van der Waals surface area contributed by atoms with Gasteiger partial charge in [-0.3, -0.25) is 14.5 Å². The molecule has 0 spiro atoms. The fraction of sp³-hybridized carbons (Fsp3) is 0.396. The van der Waals surface area contributed by atoms with Gasteiger partial charge in [-0.25, -0.2) is 4.79 Å². The molecule has 10 nitrogen and oxygen atoms in total. The minimum absolute atomic E-state index is 0.188. The van der Waals surface area contributed by atoms with E-state index in [1.165, 1.54) is 0 Å². The van der Waals surface area contributed by atoms with E-state index in [0.717, 1.165) is 84.2 Å². The lowest BCUT2D eigenvalue weighted by molar-refractivity contribution is -0.137. The fourth-order valence-electron chi connectivity index (χ4n) is 9.80. The number of carbonyl (C=O) groups excluding carboxylic acids is 3. The third-order valence-electron chi connectivity index (χ3n) is 12.4. The van der Waals surface area contributed by atoms with Crippen LogP contribution in [-0.4, -0.2) is 98.9 Å². The molecule has 3 saturated heterocycles. The number of hydrogen-bond donors (Lipinski definition) is 2. The van der Waals surface area contributed by atoms with Crippen LogP contribution in [0.3, 0.4) is 0 Å². The molecule has 4 aliphatic rings. The van der Waals surface area contributed by atoms with Crippen LogP contribution in [-0.2, 0) is 9.53 Å². The average molecular weight is 884 g/mol. The molecule has 61 heavy (non-hydrogen) atoms. The molecule has 4 aromatic rings. The van der Waals surface area contributed by atoms with Crippen LogP contribution in [0.1, 0.15) is 98.6 Å². The lowest BCUT2D eigenvalue weighted by Crippen LogP contribution is -2.56. The molecule has 0 radical (unpaired) electrons. The van der Waals surface area contributed by atoms with Gasteiger partial charge in [0.2, 0.25) is 5.91 Å². The van der Waals surface area contributed by atoms with Gasteiger partial charge in [0.25, 0.3) is 5.91 Å². The van der Waals surface area contributed by atoms with Crippen molar-refractivity contribution in [3.63, 3.8) is 0 Å². The van der Waals surface area contributed by atoms with Crippen molar-refractivity contribution in [1.29, 1.82) is 0 Å². The molecule has 3 fully saturated rings. The SMILES string of the molecule is C=CN1C(=C(C(=C)C)c2ccccc2)c2c(C(=O)NC3CN(C(=O)OC(C)(C)C)CC3N3CCC(N4CCCCC4=O)CC3)[nH]c3cc(Cl)cc(c23)C1c1ccc(Cl)cc1Cl. The van der Waals surface area contributed by atoms with E-state index < -0.39 is 23.8 Å². The Morgan fingerprint density at radius 1 is 0.934 bits per heavy atom. The highest BCUT2D eigenvalue weighted by molar-refractivity contribution is 6.35. The van der Waals surface area contributed by atoms with Gasteiger partial charge < -0.3 is 29.7 Å². The molecule has 0 aliphatic carbocycles. The molecule has 3 amide bonds. The van der Waals surface area contributed by atoms with Crippen LogP contribution in [0.5, 0.6) is 0 Å². The summed E-state index contributed by atoms with van der Waals surface area (Å²) in [6.07, 6.45) is 5.60. The summed E-state index contributed by atoms with van der Waals surface area (Å²) in [5, 5.41) is 5.68. The Labute approximate surface area is 373 Å². The number of nitrogens with zero attached hydrogens (tertiary/aromatic N) is 4. The smallest absolute Gasteiger partial charge is 0.410 e. The first-order valence-corrected chi connectivity index (χ1v) is 22.3. The van der Waals surface area contributed by atoms with Crippen molar-refractivity contribution < 1.29 is 19.1 Å². The Bertz CT molecular complexity index is 2430. The van der Waals surface area contributed by atoms with E-state index in [-0.39, 0.29) is 30.4 Å². The van der Waals surface area contributed by atoms with Crippen LogP contribution < -0.4 is 5.32 Å². The summed E-state index contributed by atoms with van der Waals surface area (Å²) in [5.74, 6) is -0.0895. The number of amides is 3. The second-order valence-electron chi connectivity index (χ2n) is 17.7. The quantitative estimate of drug-likeness (QED) is 0.183. The molecule has 4 aliphatic heterocycles. The number of allylic oxidation sites excluding steroid dienone is 2. The lowest BCUT2D eigenvalue weighted by atomic mass is 9.83. The number of H-pyrrole nitrogens is 1. The summed E-state index contributed by atoms with van der Waals surface area (Å²) in [6.45, 7) is 19.2. The molecule has 0 bridgehead atoms. The summed E-state index contributed by atoms with van der Waals surface area (Å²) >= 11 is 20.3. The van der Waals surface area contributed by atoms with E-state index in [9.17, 15) is 9.59 Å². The summed E-state index contributed by atoms with van der Waals surface area (Å²) in [5.41, 5.74) is 5.87. The van der Waals surface area contributed by atoms with Crippen molar-refractivity contribution >= 4 is 74.9 Å². The van der Waals surface area contributed by atoms with Crippen LogP contribution in [0.15, 0.2) is 85.6 Å². The highest BCUT2D eigenvalue weighted by Gasteiger charge is 2.44. The highest BCUT2D eigenvalue weighted by Crippen LogP contribution is 2.52. The van der Waals surface area contributed by atoms with Crippen molar-refractivity contribution in [2.75, 3.05) is 32.7 Å². The van der Waals surface area contributed by atoms with E-state index in [0.29, 0.717) is 44.8 Å². The van der Waals surface area contributed by atoms with Gasteiger partial charge in [-0.05, 0) is 106 Å². The maximum Gasteiger partial charge on any atom is 0.410 e. The van der Waals surface area contributed by atoms with Gasteiger partial charge in [-0.15, -0.1) is 0 Å². The zero-order valence-electron chi connectivity index (χ0n) is 35.2. The number of hydrogen-bond acceptors (Lipinski definition) is 6. The zero-order valence-corrected chi connectivity index (χ0v) is 37.5. The molecule has 320 valence electrons. The van der Waals surface area contributed by atoms with Gasteiger partial charge in [-0.1, -0.05) is 84.4 Å². The molecule has 5 heterocycles. The summed E-state index contributed by atoms with van der Waals surface area (Å²) < 4.78 is 5.85. The standard InChI is InChI=1S/C48H53Cl3N6O4/c1-7-56-44(33-17-16-30(49)24-35(33)51)34-23-31(50)25-36-41(34)42(45(56)40(28(2)3)29-13-9-8-10-14-29)43(52-36)46(59)53-37-26-55(47(60)61-48(4,5)6)27-38(37)54-21-18-32(19-22-54)57-20-12-11-15-39(57)58/h7-10,13-14,16-17,23-25,32,37-38,44,52H,1-2,11-12,15,18-22,26-27H2,3-6H3,(H,53,59). The van der Waals surface area contributed by atoms with Gasteiger partial charge in [0.05, 0.1) is 17.8 Å². The molecule has 3 unspecified atom stereocenters. The Hall–Kier alpha value is -4.74. The maximum atomic E-state index is 15.2. The van der Waals surface area contributed by atoms with Gasteiger partial charge in [0.15, 0.2) is 0 Å². The number of carbonyl (C=O) groups is 3. The molecule has 3 aromatic carbocycles. The normalized spacial score (nSPS) is 22.1.